The van der Waals surface area contributed by atoms with Gasteiger partial charge >= 0.3 is 12.0 Å². The van der Waals surface area contributed by atoms with Gasteiger partial charge in [-0.25, -0.2) is 14.3 Å². The number of hydrogen-bond acceptors (Lipinski definition) is 5. The van der Waals surface area contributed by atoms with Gasteiger partial charge in [-0.15, -0.1) is 0 Å². The Morgan fingerprint density at radius 1 is 1.31 bits per heavy atom. The van der Waals surface area contributed by atoms with Gasteiger partial charge in [-0.2, -0.15) is 0 Å². The molecule has 1 aromatic rings. The van der Waals surface area contributed by atoms with Crippen molar-refractivity contribution in [2.24, 2.45) is 10.9 Å². The minimum Gasteiger partial charge on any atom is -0.497 e. The molecule has 0 radical (unpaired) electrons. The fourth-order valence-electron chi connectivity index (χ4n) is 4.07. The number of rotatable bonds is 5. The number of hydrogen-bond donors (Lipinski definition) is 0. The molecule has 29 heavy (non-hydrogen) atoms. The zero-order valence-corrected chi connectivity index (χ0v) is 17.5. The Bertz CT molecular complexity index is 907. The molecule has 0 spiro atoms. The average Bonchev–Trinajstić information content (AvgIpc) is 3.12. The third-order valence-corrected chi connectivity index (χ3v) is 5.71. The monoisotopic (exact) mass is 398 g/mol. The van der Waals surface area contributed by atoms with Crippen LogP contribution in [0, 0.1) is 5.92 Å². The van der Waals surface area contributed by atoms with E-state index in [2.05, 4.69) is 18.7 Å². The Balaban J connectivity index is 1.70. The van der Waals surface area contributed by atoms with Crippen LogP contribution in [0.5, 0.6) is 5.75 Å². The molecule has 0 aliphatic carbocycles. The number of amidine groups is 1. The number of methoxy groups -OCH3 is 1. The third kappa shape index (κ3) is 3.26. The van der Waals surface area contributed by atoms with Gasteiger partial charge in [-0.3, -0.25) is 14.6 Å². The normalized spacial score (nSPS) is 21.6. The molecule has 1 saturated heterocycles. The molecule has 3 amide bonds. The molecule has 0 N–H and O–H groups in total. The number of fused-ring (bicyclic) bond motifs is 2. The number of likely N-dealkylation sites (N-methyl/N-ethyl adjacent to an activating group) is 1. The second-order valence-electron chi connectivity index (χ2n) is 8.09. The van der Waals surface area contributed by atoms with Crippen molar-refractivity contribution in [1.29, 1.82) is 0 Å². The number of guanidine groups is 1. The second kappa shape index (κ2) is 7.50. The van der Waals surface area contributed by atoms with Crippen molar-refractivity contribution in [3.05, 3.63) is 24.3 Å². The van der Waals surface area contributed by atoms with Gasteiger partial charge in [-0.05, 0) is 24.5 Å². The first-order chi connectivity index (χ1) is 13.9. The highest BCUT2D eigenvalue weighted by molar-refractivity contribution is 6.24. The fraction of sp³-hybridized carbons (Fsp3) is 0.524. The van der Waals surface area contributed by atoms with E-state index in [-0.39, 0.29) is 11.9 Å². The summed E-state index contributed by atoms with van der Waals surface area (Å²) in [5, 5.41) is 0. The van der Waals surface area contributed by atoms with Gasteiger partial charge < -0.3 is 4.74 Å². The number of nitrogens with zero attached hydrogens (tertiary/aromatic N) is 5. The Hall–Kier alpha value is -2.90. The van der Waals surface area contributed by atoms with Crippen molar-refractivity contribution in [2.75, 3.05) is 38.7 Å². The molecule has 0 aromatic heterocycles. The van der Waals surface area contributed by atoms with E-state index in [1.165, 1.54) is 9.80 Å². The Morgan fingerprint density at radius 2 is 2.10 bits per heavy atom. The fourth-order valence-corrected chi connectivity index (χ4v) is 4.07. The van der Waals surface area contributed by atoms with Crippen LogP contribution in [0.25, 0.3) is 0 Å². The number of imide groups is 1. The van der Waals surface area contributed by atoms with Gasteiger partial charge in [0.25, 0.3) is 5.91 Å². The highest BCUT2D eigenvalue weighted by Crippen LogP contribution is 2.28. The summed E-state index contributed by atoms with van der Waals surface area (Å²) in [7, 11) is 3.35. The summed E-state index contributed by atoms with van der Waals surface area (Å²) >= 11 is 0. The highest BCUT2D eigenvalue weighted by Gasteiger charge is 2.54. The zero-order valence-electron chi connectivity index (χ0n) is 17.5. The van der Waals surface area contributed by atoms with E-state index in [0.717, 1.165) is 43.3 Å². The summed E-state index contributed by atoms with van der Waals surface area (Å²) in [5.41, 5.74) is 0.963. The number of carbonyl (C=O) groups is 2. The lowest BCUT2D eigenvalue weighted by molar-refractivity contribution is -0.539. The molecule has 1 unspecified atom stereocenters. The van der Waals surface area contributed by atoms with Gasteiger partial charge in [0.1, 0.15) is 11.4 Å². The maximum Gasteiger partial charge on any atom is 0.397 e. The number of carbonyl (C=O) groups excluding carboxylic acids is 2. The minimum absolute atomic E-state index is 0.171. The van der Waals surface area contributed by atoms with E-state index >= 15 is 0 Å². The minimum atomic E-state index is -0.534. The molecule has 8 heteroatoms. The lowest BCUT2D eigenvalue weighted by atomic mass is 10.1. The lowest BCUT2D eigenvalue weighted by Crippen LogP contribution is -2.63. The highest BCUT2D eigenvalue weighted by atomic mass is 16.5. The van der Waals surface area contributed by atoms with E-state index in [1.807, 2.05) is 28.8 Å². The number of anilines is 1. The van der Waals surface area contributed by atoms with Crippen molar-refractivity contribution < 1.29 is 18.9 Å². The third-order valence-electron chi connectivity index (χ3n) is 5.71. The summed E-state index contributed by atoms with van der Waals surface area (Å²) in [4.78, 5) is 35.9. The second-order valence-corrected chi connectivity index (χ2v) is 8.09. The first-order valence-electron chi connectivity index (χ1n) is 10.1. The molecule has 0 bridgehead atoms. The molecule has 0 saturated carbocycles. The van der Waals surface area contributed by atoms with E-state index in [0.29, 0.717) is 18.3 Å². The quantitative estimate of drug-likeness (QED) is 0.712. The van der Waals surface area contributed by atoms with Crippen LogP contribution in [0.4, 0.5) is 10.5 Å². The molecule has 8 nitrogen and oxygen atoms in total. The first kappa shape index (κ1) is 19.4. The van der Waals surface area contributed by atoms with Crippen LogP contribution in [0.15, 0.2) is 29.3 Å². The predicted octanol–water partition coefficient (Wildman–Crippen LogP) is 1.99. The molecule has 3 heterocycles. The van der Waals surface area contributed by atoms with E-state index in [9.17, 15) is 9.59 Å². The van der Waals surface area contributed by atoms with E-state index < -0.39 is 6.04 Å². The molecular weight excluding hydrogens is 370 g/mol. The summed E-state index contributed by atoms with van der Waals surface area (Å²) < 4.78 is 7.39. The van der Waals surface area contributed by atoms with Crippen molar-refractivity contribution in [2.45, 2.75) is 32.7 Å². The number of benzene rings is 1. The van der Waals surface area contributed by atoms with Crippen molar-refractivity contribution in [1.82, 2.24) is 9.80 Å². The topological polar surface area (TPSA) is 68.5 Å². The average molecular weight is 398 g/mol. The van der Waals surface area contributed by atoms with Crippen LogP contribution >= 0.6 is 0 Å². The number of aliphatic imine (C=N–C) groups is 1. The predicted molar refractivity (Wildman–Crippen MR) is 111 cm³/mol. The van der Waals surface area contributed by atoms with Crippen molar-refractivity contribution in [3.8, 4) is 5.75 Å². The van der Waals surface area contributed by atoms with Gasteiger partial charge in [-0.1, -0.05) is 24.9 Å². The summed E-state index contributed by atoms with van der Waals surface area (Å²) in [5.74, 6) is 2.26. The van der Waals surface area contributed by atoms with Crippen LogP contribution in [-0.4, -0.2) is 77.9 Å². The van der Waals surface area contributed by atoms with Crippen LogP contribution < -0.4 is 9.64 Å². The van der Waals surface area contributed by atoms with Gasteiger partial charge in [0.05, 0.1) is 20.2 Å². The summed E-state index contributed by atoms with van der Waals surface area (Å²) in [6, 6.07) is 6.99. The Labute approximate surface area is 171 Å². The maximum atomic E-state index is 13.3. The van der Waals surface area contributed by atoms with Gasteiger partial charge in [0.2, 0.25) is 11.9 Å². The van der Waals surface area contributed by atoms with Crippen LogP contribution in [0.1, 0.15) is 26.7 Å². The zero-order chi connectivity index (χ0) is 20.7. The molecule has 4 rings (SSSR count). The van der Waals surface area contributed by atoms with Gasteiger partial charge in [0.15, 0.2) is 0 Å². The standard InChI is InChI=1S/C21H28N5O3/c1-14(2)9-12-26-19(27)17-18(23(3)21(26)28)22-20-24(10-6-11-25(17)20)15-7-5-8-16(13-15)29-4/h5,7-8,13-14,17H,6,9-12H2,1-4H3/q+1. The molecule has 1 fully saturated rings. The molecule has 3 aliphatic rings. The molecular formula is C21H28N5O3+. The van der Waals surface area contributed by atoms with Crippen LogP contribution in [0.3, 0.4) is 0 Å². The van der Waals surface area contributed by atoms with E-state index in [1.54, 1.807) is 14.2 Å². The number of amides is 3. The largest absolute Gasteiger partial charge is 0.497 e. The molecule has 1 aromatic carbocycles. The molecule has 1 atom stereocenters. The smallest absolute Gasteiger partial charge is 0.397 e. The van der Waals surface area contributed by atoms with Crippen LogP contribution in [-0.2, 0) is 4.79 Å². The summed E-state index contributed by atoms with van der Waals surface area (Å²) in [6.45, 7) is 6.15. The van der Waals surface area contributed by atoms with E-state index in [4.69, 9.17) is 9.73 Å². The number of urea groups is 1. The lowest BCUT2D eigenvalue weighted by Gasteiger charge is -2.35. The first-order valence-corrected chi connectivity index (χ1v) is 10.1. The maximum absolute atomic E-state index is 13.3. The van der Waals surface area contributed by atoms with Crippen LogP contribution in [0.2, 0.25) is 0 Å². The van der Waals surface area contributed by atoms with Gasteiger partial charge in [0, 0.05) is 26.1 Å². The molecule has 3 aliphatic heterocycles. The SMILES string of the molecule is COc1cccc(N2CCC[N+]3=C2N=C2C3C(=O)N(CCC(C)C)C(=O)N2C)c1. The van der Waals surface area contributed by atoms with Crippen molar-refractivity contribution in [3.63, 3.8) is 0 Å². The Kier molecular flexibility index (Phi) is 5.02. The summed E-state index contributed by atoms with van der Waals surface area (Å²) in [6.07, 6.45) is 1.69. The molecule has 154 valence electrons. The Morgan fingerprint density at radius 3 is 2.83 bits per heavy atom. The van der Waals surface area contributed by atoms with Crippen molar-refractivity contribution >= 4 is 29.4 Å². The number of ether oxygens (including phenoxy) is 1.